The van der Waals surface area contributed by atoms with Gasteiger partial charge >= 0.3 is 0 Å². The summed E-state index contributed by atoms with van der Waals surface area (Å²) < 4.78 is 0. The maximum atomic E-state index is 12.0. The fraction of sp³-hybridized carbons (Fsp3) is 0.923. The first-order valence-electron chi connectivity index (χ1n) is 6.64. The van der Waals surface area contributed by atoms with Crippen LogP contribution >= 0.6 is 0 Å². The van der Waals surface area contributed by atoms with Crippen LogP contribution in [0.1, 0.15) is 52.9 Å². The Balaban J connectivity index is 2.05. The summed E-state index contributed by atoms with van der Waals surface area (Å²) in [4.78, 5) is 14.1. The topological polar surface area (TPSA) is 32.3 Å². The fourth-order valence-electron chi connectivity index (χ4n) is 3.29. The number of nitrogens with one attached hydrogen (secondary N) is 1. The molecule has 0 aromatic rings. The van der Waals surface area contributed by atoms with E-state index in [0.717, 1.165) is 6.54 Å². The van der Waals surface area contributed by atoms with Gasteiger partial charge < -0.3 is 4.90 Å². The van der Waals surface area contributed by atoms with Crippen LogP contribution in [-0.2, 0) is 4.79 Å². The minimum absolute atomic E-state index is 0.00492. The van der Waals surface area contributed by atoms with Crippen LogP contribution in [0.4, 0.5) is 0 Å². The van der Waals surface area contributed by atoms with Crippen LogP contribution in [0, 0.1) is 5.41 Å². The van der Waals surface area contributed by atoms with E-state index < -0.39 is 0 Å². The molecule has 1 saturated carbocycles. The monoisotopic (exact) mass is 224 g/mol. The molecule has 1 amide bonds. The summed E-state index contributed by atoms with van der Waals surface area (Å²) in [5, 5.41) is 3.31. The maximum Gasteiger partial charge on any atom is 0.240 e. The molecule has 2 aliphatic rings. The molecule has 2 atom stereocenters. The Morgan fingerprint density at radius 2 is 2.00 bits per heavy atom. The number of amides is 1. The minimum Gasteiger partial charge on any atom is -0.326 e. The third kappa shape index (κ3) is 1.97. The number of hydrogen-bond donors (Lipinski definition) is 1. The van der Waals surface area contributed by atoms with Crippen molar-refractivity contribution in [1.82, 2.24) is 10.2 Å². The molecule has 3 heteroatoms. The first-order chi connectivity index (χ1) is 7.58. The van der Waals surface area contributed by atoms with Gasteiger partial charge in [0.15, 0.2) is 0 Å². The van der Waals surface area contributed by atoms with Gasteiger partial charge in [0.1, 0.15) is 0 Å². The van der Waals surface area contributed by atoms with E-state index in [1.165, 1.54) is 32.1 Å². The lowest BCUT2D eigenvalue weighted by atomic mass is 9.83. The first kappa shape index (κ1) is 11.9. The lowest BCUT2D eigenvalue weighted by Crippen LogP contribution is -2.42. The van der Waals surface area contributed by atoms with Crippen molar-refractivity contribution in [2.45, 2.75) is 65.1 Å². The highest BCUT2D eigenvalue weighted by molar-refractivity contribution is 5.83. The number of rotatable bonds is 3. The molecule has 0 aromatic carbocycles. The lowest BCUT2D eigenvalue weighted by molar-refractivity contribution is -0.131. The molecule has 1 aliphatic heterocycles. The van der Waals surface area contributed by atoms with Crippen LogP contribution in [0.2, 0.25) is 0 Å². The summed E-state index contributed by atoms with van der Waals surface area (Å²) in [6, 6.07) is 0.00492. The highest BCUT2D eigenvalue weighted by Crippen LogP contribution is 2.42. The molecule has 92 valence electrons. The zero-order chi connectivity index (χ0) is 11.8. The quantitative estimate of drug-likeness (QED) is 0.796. The van der Waals surface area contributed by atoms with E-state index in [1.54, 1.807) is 0 Å². The summed E-state index contributed by atoms with van der Waals surface area (Å²) >= 11 is 0. The maximum absolute atomic E-state index is 12.0. The first-order valence-corrected chi connectivity index (χ1v) is 6.64. The van der Waals surface area contributed by atoms with E-state index >= 15 is 0 Å². The summed E-state index contributed by atoms with van der Waals surface area (Å²) in [7, 11) is 0. The zero-order valence-corrected chi connectivity index (χ0v) is 10.8. The van der Waals surface area contributed by atoms with Gasteiger partial charge in [0.25, 0.3) is 0 Å². The minimum atomic E-state index is 0.00492. The largest absolute Gasteiger partial charge is 0.326 e. The van der Waals surface area contributed by atoms with Gasteiger partial charge in [-0.25, -0.2) is 0 Å². The standard InChI is InChI=1S/C13H24N2O/c1-4-13(7-5-6-8-13)9-15-11(3)14-10(2)12(15)16/h10-11,14H,4-9H2,1-3H3. The van der Waals surface area contributed by atoms with Gasteiger partial charge in [0.05, 0.1) is 12.2 Å². The summed E-state index contributed by atoms with van der Waals surface area (Å²) in [5.74, 6) is 0.284. The molecule has 16 heavy (non-hydrogen) atoms. The van der Waals surface area contributed by atoms with Crippen LogP contribution in [0.15, 0.2) is 0 Å². The van der Waals surface area contributed by atoms with E-state index in [2.05, 4.69) is 24.1 Å². The molecule has 3 nitrogen and oxygen atoms in total. The van der Waals surface area contributed by atoms with Crippen molar-refractivity contribution in [3.05, 3.63) is 0 Å². The molecule has 1 N–H and O–H groups in total. The average molecular weight is 224 g/mol. The Morgan fingerprint density at radius 1 is 1.38 bits per heavy atom. The van der Waals surface area contributed by atoms with E-state index in [4.69, 9.17) is 0 Å². The van der Waals surface area contributed by atoms with Crippen LogP contribution in [0.5, 0.6) is 0 Å². The van der Waals surface area contributed by atoms with Crippen molar-refractivity contribution in [2.75, 3.05) is 6.54 Å². The summed E-state index contributed by atoms with van der Waals surface area (Å²) in [5.41, 5.74) is 0.412. The molecule has 2 rings (SSSR count). The SMILES string of the molecule is CCC1(CN2C(=O)C(C)NC2C)CCCC1. The normalized spacial score (nSPS) is 33.7. The van der Waals surface area contributed by atoms with Gasteiger partial charge in [0, 0.05) is 6.54 Å². The van der Waals surface area contributed by atoms with Crippen LogP contribution in [-0.4, -0.2) is 29.6 Å². The van der Waals surface area contributed by atoms with Gasteiger partial charge in [-0.3, -0.25) is 10.1 Å². The second kappa shape index (κ2) is 4.36. The zero-order valence-electron chi connectivity index (χ0n) is 10.8. The number of carbonyl (C=O) groups excluding carboxylic acids is 1. The second-order valence-electron chi connectivity index (χ2n) is 5.59. The highest BCUT2D eigenvalue weighted by atomic mass is 16.2. The molecule has 2 unspecified atom stereocenters. The summed E-state index contributed by atoms with van der Waals surface area (Å²) in [6.07, 6.45) is 6.70. The molecule has 1 saturated heterocycles. The third-order valence-electron chi connectivity index (χ3n) is 4.53. The van der Waals surface area contributed by atoms with Crippen molar-refractivity contribution in [1.29, 1.82) is 0 Å². The molecular formula is C13H24N2O. The van der Waals surface area contributed by atoms with E-state index in [-0.39, 0.29) is 18.1 Å². The Kier molecular flexibility index (Phi) is 3.24. The molecule has 0 spiro atoms. The van der Waals surface area contributed by atoms with Crippen LogP contribution in [0.3, 0.4) is 0 Å². The van der Waals surface area contributed by atoms with Crippen LogP contribution < -0.4 is 5.32 Å². The van der Waals surface area contributed by atoms with E-state index in [0.29, 0.717) is 5.41 Å². The van der Waals surface area contributed by atoms with Crippen molar-refractivity contribution in [3.63, 3.8) is 0 Å². The second-order valence-corrected chi connectivity index (χ2v) is 5.59. The van der Waals surface area contributed by atoms with Gasteiger partial charge in [-0.15, -0.1) is 0 Å². The van der Waals surface area contributed by atoms with Gasteiger partial charge in [-0.1, -0.05) is 19.8 Å². The molecule has 0 radical (unpaired) electrons. The number of hydrogen-bond acceptors (Lipinski definition) is 2. The predicted octanol–water partition coefficient (Wildman–Crippen LogP) is 2.12. The van der Waals surface area contributed by atoms with Crippen molar-refractivity contribution in [3.8, 4) is 0 Å². The molecule has 0 bridgehead atoms. The fourth-order valence-corrected chi connectivity index (χ4v) is 3.29. The molecule has 1 aliphatic carbocycles. The Morgan fingerprint density at radius 3 is 2.44 bits per heavy atom. The molecular weight excluding hydrogens is 200 g/mol. The molecule has 1 heterocycles. The number of nitrogens with zero attached hydrogens (tertiary/aromatic N) is 1. The Labute approximate surface area is 98.6 Å². The average Bonchev–Trinajstić information content (AvgIpc) is 2.81. The van der Waals surface area contributed by atoms with Gasteiger partial charge in [-0.2, -0.15) is 0 Å². The van der Waals surface area contributed by atoms with Crippen molar-refractivity contribution in [2.24, 2.45) is 5.41 Å². The van der Waals surface area contributed by atoms with Gasteiger partial charge in [0.2, 0.25) is 5.91 Å². The van der Waals surface area contributed by atoms with Crippen LogP contribution in [0.25, 0.3) is 0 Å². The Hall–Kier alpha value is -0.570. The summed E-state index contributed by atoms with van der Waals surface area (Å²) in [6.45, 7) is 7.29. The highest BCUT2D eigenvalue weighted by Gasteiger charge is 2.40. The predicted molar refractivity (Wildman–Crippen MR) is 65.0 cm³/mol. The molecule has 2 fully saturated rings. The lowest BCUT2D eigenvalue weighted by Gasteiger charge is -2.34. The van der Waals surface area contributed by atoms with Crippen molar-refractivity contribution < 1.29 is 4.79 Å². The van der Waals surface area contributed by atoms with Gasteiger partial charge in [-0.05, 0) is 38.5 Å². The number of carbonyl (C=O) groups is 1. The molecule has 0 aromatic heterocycles. The van der Waals surface area contributed by atoms with E-state index in [1.807, 2.05) is 6.92 Å². The van der Waals surface area contributed by atoms with E-state index in [9.17, 15) is 4.79 Å². The Bertz CT molecular complexity index is 271. The van der Waals surface area contributed by atoms with Crippen molar-refractivity contribution >= 4 is 5.91 Å². The smallest absolute Gasteiger partial charge is 0.240 e. The third-order valence-corrected chi connectivity index (χ3v) is 4.53.